The molecule has 5 rings (SSSR count). The zero-order valence-corrected chi connectivity index (χ0v) is 19.1. The lowest BCUT2D eigenvalue weighted by Crippen LogP contribution is -2.28. The molecule has 0 aliphatic carbocycles. The molecule has 33 heavy (non-hydrogen) atoms. The smallest absolute Gasteiger partial charge is 0.253 e. The van der Waals surface area contributed by atoms with Crippen molar-refractivity contribution in [3.05, 3.63) is 94.4 Å². The quantitative estimate of drug-likeness (QED) is 0.397. The predicted octanol–water partition coefficient (Wildman–Crippen LogP) is 5.88. The van der Waals surface area contributed by atoms with Crippen LogP contribution in [-0.2, 0) is 0 Å². The summed E-state index contributed by atoms with van der Waals surface area (Å²) in [5.41, 5.74) is 3.52. The van der Waals surface area contributed by atoms with Crippen molar-refractivity contribution in [1.29, 1.82) is 0 Å². The second-order valence-electron chi connectivity index (χ2n) is 7.69. The van der Waals surface area contributed by atoms with E-state index in [2.05, 4.69) is 10.3 Å². The number of para-hydroxylation sites is 1. The number of aromatic nitrogens is 3. The molecule has 3 heterocycles. The molecule has 1 aliphatic rings. The maximum atomic E-state index is 12.9. The number of carbonyl (C=O) groups is 1. The molecule has 1 amide bonds. The van der Waals surface area contributed by atoms with Crippen LogP contribution in [-0.4, -0.2) is 27.3 Å². The number of carbonyl (C=O) groups excluding carboxylic acids is 1. The van der Waals surface area contributed by atoms with Crippen LogP contribution < -0.4 is 10.1 Å². The third-order valence-electron chi connectivity index (χ3n) is 5.51. The lowest BCUT2D eigenvalue weighted by Gasteiger charge is -2.15. The van der Waals surface area contributed by atoms with Crippen molar-refractivity contribution in [3.8, 4) is 22.7 Å². The lowest BCUT2D eigenvalue weighted by atomic mass is 10.1. The summed E-state index contributed by atoms with van der Waals surface area (Å²) in [6.07, 6.45) is 4.65. The average molecular weight is 479 g/mol. The van der Waals surface area contributed by atoms with Crippen LogP contribution in [0.3, 0.4) is 0 Å². The maximum Gasteiger partial charge on any atom is 0.253 e. The van der Waals surface area contributed by atoms with Crippen molar-refractivity contribution in [2.75, 3.05) is 6.61 Å². The fraction of sp³-hybridized carbons (Fsp3) is 0.160. The van der Waals surface area contributed by atoms with E-state index in [0.717, 1.165) is 23.4 Å². The van der Waals surface area contributed by atoms with Crippen molar-refractivity contribution in [1.82, 2.24) is 20.1 Å². The van der Waals surface area contributed by atoms with Gasteiger partial charge in [0.25, 0.3) is 5.91 Å². The Labute approximate surface area is 201 Å². The van der Waals surface area contributed by atoms with Gasteiger partial charge in [-0.1, -0.05) is 47.5 Å². The average Bonchev–Trinajstić information content (AvgIpc) is 3.10. The number of hydrogen-bond donors (Lipinski definition) is 1. The first-order valence-corrected chi connectivity index (χ1v) is 11.3. The zero-order valence-electron chi connectivity index (χ0n) is 17.5. The minimum atomic E-state index is -0.329. The zero-order chi connectivity index (χ0) is 22.8. The van der Waals surface area contributed by atoms with Crippen LogP contribution >= 0.6 is 23.2 Å². The normalized spacial score (nSPS) is 15.3. The summed E-state index contributed by atoms with van der Waals surface area (Å²) in [4.78, 5) is 16.9. The van der Waals surface area contributed by atoms with Gasteiger partial charge in [0.05, 0.1) is 28.9 Å². The van der Waals surface area contributed by atoms with Crippen molar-refractivity contribution >= 4 is 29.1 Å². The number of amides is 1. The minimum Gasteiger partial charge on any atom is -0.489 e. The second kappa shape index (κ2) is 9.25. The number of hydrogen-bond acceptors (Lipinski definition) is 4. The van der Waals surface area contributed by atoms with Gasteiger partial charge in [-0.15, -0.1) is 0 Å². The van der Waals surface area contributed by atoms with Crippen molar-refractivity contribution < 1.29 is 9.53 Å². The molecule has 0 saturated carbocycles. The summed E-state index contributed by atoms with van der Waals surface area (Å²) in [5, 5.41) is 9.21. The Hall–Kier alpha value is -3.35. The minimum absolute atomic E-state index is 0.207. The van der Waals surface area contributed by atoms with Gasteiger partial charge in [0, 0.05) is 23.0 Å². The van der Waals surface area contributed by atoms with Gasteiger partial charge in [0.1, 0.15) is 11.4 Å². The van der Waals surface area contributed by atoms with Crippen LogP contribution in [0.1, 0.15) is 34.9 Å². The standard InChI is InChI=1S/C25H20Cl2N4O2/c26-18-11-9-16(10-12-18)23-24-22(30-31(23)21-8-2-1-6-19(21)27)20(7-4-14-33-24)29-25(32)17-5-3-13-28-15-17/h1-3,5-6,8-13,15,20H,4,7,14H2,(H,29,32). The van der Waals surface area contributed by atoms with Gasteiger partial charge in [-0.3, -0.25) is 9.78 Å². The van der Waals surface area contributed by atoms with Crippen LogP contribution in [0.15, 0.2) is 73.1 Å². The summed E-state index contributed by atoms with van der Waals surface area (Å²) in [5.74, 6) is 0.424. The van der Waals surface area contributed by atoms with E-state index in [1.165, 1.54) is 0 Å². The van der Waals surface area contributed by atoms with Gasteiger partial charge in [-0.05, 0) is 49.2 Å². The highest BCUT2D eigenvalue weighted by Gasteiger charge is 2.31. The highest BCUT2D eigenvalue weighted by atomic mass is 35.5. The molecule has 1 atom stereocenters. The topological polar surface area (TPSA) is 69.0 Å². The Morgan fingerprint density at radius 3 is 2.64 bits per heavy atom. The van der Waals surface area contributed by atoms with Gasteiger partial charge >= 0.3 is 0 Å². The highest BCUT2D eigenvalue weighted by molar-refractivity contribution is 6.32. The number of nitrogens with zero attached hydrogens (tertiary/aromatic N) is 3. The summed E-state index contributed by atoms with van der Waals surface area (Å²) in [7, 11) is 0. The molecule has 0 saturated heterocycles. The Morgan fingerprint density at radius 1 is 1.06 bits per heavy atom. The van der Waals surface area contributed by atoms with E-state index in [1.807, 2.05) is 48.5 Å². The molecule has 1 aliphatic heterocycles. The van der Waals surface area contributed by atoms with Crippen molar-refractivity contribution in [2.24, 2.45) is 0 Å². The summed E-state index contributed by atoms with van der Waals surface area (Å²) in [6.45, 7) is 0.515. The Morgan fingerprint density at radius 2 is 1.88 bits per heavy atom. The molecule has 2 aromatic carbocycles. The lowest BCUT2D eigenvalue weighted by molar-refractivity contribution is 0.0933. The maximum absolute atomic E-state index is 12.9. The number of rotatable bonds is 4. The molecule has 8 heteroatoms. The third kappa shape index (κ3) is 4.32. The molecule has 0 spiro atoms. The molecule has 4 aromatic rings. The van der Waals surface area contributed by atoms with E-state index in [-0.39, 0.29) is 11.9 Å². The molecule has 6 nitrogen and oxygen atoms in total. The number of nitrogens with one attached hydrogen (secondary N) is 1. The van der Waals surface area contributed by atoms with Crippen molar-refractivity contribution in [3.63, 3.8) is 0 Å². The molecule has 1 unspecified atom stereocenters. The van der Waals surface area contributed by atoms with E-state index in [1.54, 1.807) is 29.2 Å². The van der Waals surface area contributed by atoms with E-state index < -0.39 is 0 Å². The third-order valence-corrected chi connectivity index (χ3v) is 6.08. The molecule has 0 bridgehead atoms. The number of pyridine rings is 1. The highest BCUT2D eigenvalue weighted by Crippen LogP contribution is 2.42. The van der Waals surface area contributed by atoms with Crippen LogP contribution in [0.4, 0.5) is 0 Å². The summed E-state index contributed by atoms with van der Waals surface area (Å²) >= 11 is 12.7. The van der Waals surface area contributed by atoms with Gasteiger partial charge in [0.15, 0.2) is 5.75 Å². The number of benzene rings is 2. The van der Waals surface area contributed by atoms with Crippen LogP contribution in [0, 0.1) is 0 Å². The van der Waals surface area contributed by atoms with Gasteiger partial charge in [-0.2, -0.15) is 5.10 Å². The first-order chi connectivity index (χ1) is 16.1. The number of fused-ring (bicyclic) bond motifs is 1. The first-order valence-electron chi connectivity index (χ1n) is 10.6. The summed E-state index contributed by atoms with van der Waals surface area (Å²) in [6, 6.07) is 18.1. The van der Waals surface area contributed by atoms with E-state index >= 15 is 0 Å². The number of halogens is 2. The fourth-order valence-electron chi connectivity index (χ4n) is 3.93. The van der Waals surface area contributed by atoms with E-state index in [9.17, 15) is 4.79 Å². The van der Waals surface area contributed by atoms with Gasteiger partial charge < -0.3 is 10.1 Å². The first kappa shape index (κ1) is 21.5. The Kier molecular flexibility index (Phi) is 6.03. The summed E-state index contributed by atoms with van der Waals surface area (Å²) < 4.78 is 7.98. The van der Waals surface area contributed by atoms with E-state index in [4.69, 9.17) is 33.0 Å². The second-order valence-corrected chi connectivity index (χ2v) is 8.54. The van der Waals surface area contributed by atoms with Crippen LogP contribution in [0.5, 0.6) is 5.75 Å². The fourth-order valence-corrected chi connectivity index (χ4v) is 4.27. The number of ether oxygens (including phenoxy) is 1. The van der Waals surface area contributed by atoms with Gasteiger partial charge in [-0.25, -0.2) is 4.68 Å². The van der Waals surface area contributed by atoms with Crippen molar-refractivity contribution in [2.45, 2.75) is 18.9 Å². The molecule has 0 radical (unpaired) electrons. The van der Waals surface area contributed by atoms with Gasteiger partial charge in [0.2, 0.25) is 0 Å². The molecular weight excluding hydrogens is 459 g/mol. The largest absolute Gasteiger partial charge is 0.489 e. The van der Waals surface area contributed by atoms with E-state index in [0.29, 0.717) is 40.1 Å². The van der Waals surface area contributed by atoms with Crippen LogP contribution in [0.25, 0.3) is 16.9 Å². The molecule has 1 N–H and O–H groups in total. The SMILES string of the molecule is O=C(NC1CCCOc2c1nn(-c1ccccc1Cl)c2-c1ccc(Cl)cc1)c1cccnc1. The monoisotopic (exact) mass is 478 g/mol. The molecule has 2 aromatic heterocycles. The molecule has 166 valence electrons. The van der Waals surface area contributed by atoms with Crippen LogP contribution in [0.2, 0.25) is 10.0 Å². The Bertz CT molecular complexity index is 1290. The molecular formula is C25H20Cl2N4O2. The Balaban J connectivity index is 1.64. The predicted molar refractivity (Wildman–Crippen MR) is 128 cm³/mol. The molecule has 0 fully saturated rings.